The summed E-state index contributed by atoms with van der Waals surface area (Å²) in [6, 6.07) is 18.1. The van der Waals surface area contributed by atoms with Crippen molar-refractivity contribution in [3.05, 3.63) is 65.7 Å². The lowest BCUT2D eigenvalue weighted by Gasteiger charge is -2.20. The molecule has 25 heavy (non-hydrogen) atoms. The number of ether oxygens (including phenoxy) is 1. The van der Waals surface area contributed by atoms with Crippen LogP contribution >= 0.6 is 11.8 Å². The Hall–Kier alpha value is -1.94. The molecule has 0 bridgehead atoms. The molecular weight excluding hydrogens is 330 g/mol. The molecule has 2 aromatic rings. The summed E-state index contributed by atoms with van der Waals surface area (Å²) in [6.45, 7) is 5.60. The highest BCUT2D eigenvalue weighted by Gasteiger charge is 2.22. The number of rotatable bonds is 4. The smallest absolute Gasteiger partial charge is 0.253 e. The summed E-state index contributed by atoms with van der Waals surface area (Å²) in [5, 5.41) is 0.473. The van der Waals surface area contributed by atoms with Gasteiger partial charge >= 0.3 is 0 Å². The SMILES string of the molecule is CC(C)Oc1ccc(C(=O)N2CCSC(c3ccccc3)CC2)cc1. The van der Waals surface area contributed by atoms with Crippen LogP contribution in [0.25, 0.3) is 0 Å². The highest BCUT2D eigenvalue weighted by molar-refractivity contribution is 7.99. The first-order valence-electron chi connectivity index (χ1n) is 8.86. The average Bonchev–Trinajstić information content (AvgIpc) is 2.88. The number of thioether (sulfide) groups is 1. The molecule has 0 N–H and O–H groups in total. The van der Waals surface area contributed by atoms with Gasteiger partial charge in [-0.25, -0.2) is 0 Å². The fourth-order valence-corrected chi connectivity index (χ4v) is 4.27. The highest BCUT2D eigenvalue weighted by atomic mass is 32.2. The molecule has 1 saturated heterocycles. The molecular formula is C21H25NO2S. The molecule has 0 saturated carbocycles. The van der Waals surface area contributed by atoms with Crippen molar-refractivity contribution < 1.29 is 9.53 Å². The minimum Gasteiger partial charge on any atom is -0.491 e. The predicted molar refractivity (Wildman–Crippen MR) is 104 cm³/mol. The van der Waals surface area contributed by atoms with Gasteiger partial charge in [-0.3, -0.25) is 4.79 Å². The molecule has 1 fully saturated rings. The van der Waals surface area contributed by atoms with E-state index < -0.39 is 0 Å². The van der Waals surface area contributed by atoms with Gasteiger partial charge in [0.2, 0.25) is 0 Å². The third-order valence-electron chi connectivity index (χ3n) is 4.27. The van der Waals surface area contributed by atoms with E-state index in [1.807, 2.05) is 60.8 Å². The number of hydrogen-bond acceptors (Lipinski definition) is 3. The number of nitrogens with zero attached hydrogens (tertiary/aromatic N) is 1. The maximum Gasteiger partial charge on any atom is 0.253 e. The summed E-state index contributed by atoms with van der Waals surface area (Å²) < 4.78 is 5.65. The summed E-state index contributed by atoms with van der Waals surface area (Å²) in [5.74, 6) is 1.90. The molecule has 4 heteroatoms. The lowest BCUT2D eigenvalue weighted by Crippen LogP contribution is -2.32. The predicted octanol–water partition coefficient (Wildman–Crippen LogP) is 4.79. The van der Waals surface area contributed by atoms with E-state index in [4.69, 9.17) is 4.74 Å². The summed E-state index contributed by atoms with van der Waals surface area (Å²) in [5.41, 5.74) is 2.09. The Morgan fingerprint density at radius 1 is 1.08 bits per heavy atom. The van der Waals surface area contributed by atoms with Gasteiger partial charge in [-0.1, -0.05) is 30.3 Å². The van der Waals surface area contributed by atoms with Gasteiger partial charge < -0.3 is 9.64 Å². The molecule has 0 spiro atoms. The van der Waals surface area contributed by atoms with Gasteiger partial charge in [0.1, 0.15) is 5.75 Å². The Kier molecular flexibility index (Phi) is 6.03. The minimum atomic E-state index is 0.116. The molecule has 0 aliphatic carbocycles. The van der Waals surface area contributed by atoms with Crippen molar-refractivity contribution in [2.45, 2.75) is 31.6 Å². The second-order valence-corrected chi connectivity index (χ2v) is 7.85. The van der Waals surface area contributed by atoms with Crippen molar-refractivity contribution in [2.75, 3.05) is 18.8 Å². The Morgan fingerprint density at radius 3 is 2.48 bits per heavy atom. The summed E-state index contributed by atoms with van der Waals surface area (Å²) in [4.78, 5) is 14.8. The zero-order valence-electron chi connectivity index (χ0n) is 14.9. The van der Waals surface area contributed by atoms with Crippen molar-refractivity contribution in [1.29, 1.82) is 0 Å². The quantitative estimate of drug-likeness (QED) is 0.789. The third kappa shape index (κ3) is 4.79. The molecule has 1 amide bonds. The summed E-state index contributed by atoms with van der Waals surface area (Å²) in [7, 11) is 0. The zero-order chi connectivity index (χ0) is 17.6. The number of benzene rings is 2. The van der Waals surface area contributed by atoms with E-state index in [0.29, 0.717) is 5.25 Å². The van der Waals surface area contributed by atoms with Gasteiger partial charge in [-0.2, -0.15) is 11.8 Å². The maximum atomic E-state index is 12.8. The molecule has 1 unspecified atom stereocenters. The first-order chi connectivity index (χ1) is 12.1. The molecule has 3 nitrogen and oxygen atoms in total. The molecule has 1 aliphatic heterocycles. The van der Waals surface area contributed by atoms with Crippen LogP contribution in [0.5, 0.6) is 5.75 Å². The first kappa shape index (κ1) is 17.9. The fraction of sp³-hybridized carbons (Fsp3) is 0.381. The number of carbonyl (C=O) groups is 1. The van der Waals surface area contributed by atoms with Gasteiger partial charge in [-0.15, -0.1) is 0 Å². The van der Waals surface area contributed by atoms with E-state index in [1.165, 1.54) is 5.56 Å². The van der Waals surface area contributed by atoms with Crippen LogP contribution in [-0.4, -0.2) is 35.8 Å². The average molecular weight is 356 g/mol. The molecule has 1 aliphatic rings. The second kappa shape index (κ2) is 8.43. The van der Waals surface area contributed by atoms with Crippen LogP contribution in [-0.2, 0) is 0 Å². The van der Waals surface area contributed by atoms with Crippen molar-refractivity contribution in [3.63, 3.8) is 0 Å². The van der Waals surface area contributed by atoms with Crippen LogP contribution < -0.4 is 4.74 Å². The Labute approximate surface area is 154 Å². The monoisotopic (exact) mass is 355 g/mol. The van der Waals surface area contributed by atoms with Crippen molar-refractivity contribution >= 4 is 17.7 Å². The molecule has 3 rings (SSSR count). The van der Waals surface area contributed by atoms with Crippen LogP contribution in [0.1, 0.15) is 41.4 Å². The third-order valence-corrected chi connectivity index (χ3v) is 5.60. The lowest BCUT2D eigenvalue weighted by atomic mass is 10.1. The number of amides is 1. The van der Waals surface area contributed by atoms with Crippen LogP contribution in [0.15, 0.2) is 54.6 Å². The Balaban J connectivity index is 1.63. The van der Waals surface area contributed by atoms with E-state index >= 15 is 0 Å². The Morgan fingerprint density at radius 2 is 1.80 bits per heavy atom. The normalized spacial score (nSPS) is 18.0. The zero-order valence-corrected chi connectivity index (χ0v) is 15.7. The largest absolute Gasteiger partial charge is 0.491 e. The summed E-state index contributed by atoms with van der Waals surface area (Å²) >= 11 is 1.95. The number of carbonyl (C=O) groups excluding carboxylic acids is 1. The van der Waals surface area contributed by atoms with Crippen molar-refractivity contribution in [2.24, 2.45) is 0 Å². The second-order valence-electron chi connectivity index (χ2n) is 6.54. The molecule has 1 heterocycles. The van der Waals surface area contributed by atoms with Gasteiger partial charge in [0.25, 0.3) is 5.91 Å². The molecule has 0 radical (unpaired) electrons. The van der Waals surface area contributed by atoms with E-state index in [1.54, 1.807) is 0 Å². The van der Waals surface area contributed by atoms with Gasteiger partial charge in [-0.05, 0) is 50.1 Å². The van der Waals surface area contributed by atoms with Crippen molar-refractivity contribution in [3.8, 4) is 5.75 Å². The summed E-state index contributed by atoms with van der Waals surface area (Å²) in [6.07, 6.45) is 1.13. The van der Waals surface area contributed by atoms with E-state index in [-0.39, 0.29) is 12.0 Å². The van der Waals surface area contributed by atoms with Gasteiger partial charge in [0.15, 0.2) is 0 Å². The van der Waals surface area contributed by atoms with Crippen molar-refractivity contribution in [1.82, 2.24) is 4.90 Å². The van der Waals surface area contributed by atoms with Crippen LogP contribution in [0, 0.1) is 0 Å². The molecule has 132 valence electrons. The molecule has 1 atom stereocenters. The molecule has 0 aromatic heterocycles. The van der Waals surface area contributed by atoms with E-state index in [2.05, 4.69) is 24.3 Å². The van der Waals surface area contributed by atoms with Crippen LogP contribution in [0.4, 0.5) is 0 Å². The fourth-order valence-electron chi connectivity index (χ4n) is 3.04. The lowest BCUT2D eigenvalue weighted by molar-refractivity contribution is 0.0766. The van der Waals surface area contributed by atoms with Crippen LogP contribution in [0.2, 0.25) is 0 Å². The maximum absolute atomic E-state index is 12.8. The Bertz CT molecular complexity index is 685. The van der Waals surface area contributed by atoms with Gasteiger partial charge in [0, 0.05) is 29.7 Å². The number of hydrogen-bond donors (Lipinski definition) is 0. The minimum absolute atomic E-state index is 0.116. The van der Waals surface area contributed by atoms with E-state index in [9.17, 15) is 4.79 Å². The van der Waals surface area contributed by atoms with E-state index in [0.717, 1.165) is 36.6 Å². The standard InChI is InChI=1S/C21H25NO2S/c1-16(2)24-19-10-8-18(9-11-19)21(23)22-13-12-20(25-15-14-22)17-6-4-3-5-7-17/h3-11,16,20H,12-15H2,1-2H3. The van der Waals surface area contributed by atoms with Crippen LogP contribution in [0.3, 0.4) is 0 Å². The highest BCUT2D eigenvalue weighted by Crippen LogP contribution is 2.34. The first-order valence-corrected chi connectivity index (χ1v) is 9.91. The van der Waals surface area contributed by atoms with Gasteiger partial charge in [0.05, 0.1) is 6.10 Å². The topological polar surface area (TPSA) is 29.5 Å². The molecule has 2 aromatic carbocycles.